The van der Waals surface area contributed by atoms with E-state index in [9.17, 15) is 0 Å². The zero-order chi connectivity index (χ0) is 10.4. The first-order valence-electron chi connectivity index (χ1n) is 4.42. The van der Waals surface area contributed by atoms with Crippen LogP contribution in [-0.4, -0.2) is 12.0 Å². The Balaban J connectivity index is 2.85. The van der Waals surface area contributed by atoms with E-state index in [2.05, 4.69) is 25.1 Å². The highest BCUT2D eigenvalue weighted by Crippen LogP contribution is 2.11. The zero-order valence-electron chi connectivity index (χ0n) is 8.45. The fraction of sp³-hybridized carbons (Fsp3) is 0.250. The predicted octanol–water partition coefficient (Wildman–Crippen LogP) is 3.27. The Morgan fingerprint density at radius 3 is 2.57 bits per heavy atom. The first-order valence-corrected chi connectivity index (χ1v) is 5.82. The normalized spacial score (nSPS) is 11.1. The molecular weight excluding hydrogens is 190 g/mol. The van der Waals surface area contributed by atoms with Crippen LogP contribution < -0.4 is 0 Å². The number of nitriles is 1. The molecule has 0 radical (unpaired) electrons. The summed E-state index contributed by atoms with van der Waals surface area (Å²) < 4.78 is 0. The standard InChI is InChI=1S/C12H13NS/c1-10-3-5-11(6-4-10)7-12(8-13)9-14-2/h3-7H,9H2,1-2H3/b12-7+. The van der Waals surface area contributed by atoms with Gasteiger partial charge in [0.2, 0.25) is 0 Å². The van der Waals surface area contributed by atoms with E-state index in [1.807, 2.05) is 24.5 Å². The van der Waals surface area contributed by atoms with Crippen molar-refractivity contribution in [1.82, 2.24) is 0 Å². The molecule has 0 saturated heterocycles. The van der Waals surface area contributed by atoms with Crippen LogP contribution in [0.15, 0.2) is 29.8 Å². The SMILES string of the molecule is CSC/C(C#N)=C/c1ccc(C)cc1. The number of rotatable bonds is 3. The summed E-state index contributed by atoms with van der Waals surface area (Å²) in [6.07, 6.45) is 3.94. The Hall–Kier alpha value is -1.20. The number of nitrogens with zero attached hydrogens (tertiary/aromatic N) is 1. The number of aryl methyl sites for hydroxylation is 1. The number of hydrogen-bond acceptors (Lipinski definition) is 2. The Morgan fingerprint density at radius 1 is 1.43 bits per heavy atom. The summed E-state index contributed by atoms with van der Waals surface area (Å²) in [6, 6.07) is 10.4. The van der Waals surface area contributed by atoms with Gasteiger partial charge in [-0.05, 0) is 24.8 Å². The van der Waals surface area contributed by atoms with Crippen molar-refractivity contribution in [1.29, 1.82) is 5.26 Å². The molecule has 1 rings (SSSR count). The first kappa shape index (κ1) is 10.9. The van der Waals surface area contributed by atoms with Crippen LogP contribution in [0.3, 0.4) is 0 Å². The molecule has 2 heteroatoms. The molecule has 0 aliphatic heterocycles. The van der Waals surface area contributed by atoms with Crippen LogP contribution >= 0.6 is 11.8 Å². The number of hydrogen-bond donors (Lipinski definition) is 0. The van der Waals surface area contributed by atoms with Gasteiger partial charge in [-0.1, -0.05) is 29.8 Å². The molecule has 14 heavy (non-hydrogen) atoms. The smallest absolute Gasteiger partial charge is 0.0956 e. The summed E-state index contributed by atoms with van der Waals surface area (Å²) in [5, 5.41) is 8.84. The number of benzene rings is 1. The van der Waals surface area contributed by atoms with Crippen LogP contribution in [0.25, 0.3) is 6.08 Å². The summed E-state index contributed by atoms with van der Waals surface area (Å²) in [5.41, 5.74) is 3.16. The first-order chi connectivity index (χ1) is 6.76. The van der Waals surface area contributed by atoms with Crippen LogP contribution in [0.2, 0.25) is 0 Å². The fourth-order valence-electron chi connectivity index (χ4n) is 1.13. The second-order valence-electron chi connectivity index (χ2n) is 3.13. The average molecular weight is 203 g/mol. The Labute approximate surface area is 89.4 Å². The summed E-state index contributed by atoms with van der Waals surface area (Å²) in [5.74, 6) is 0.782. The lowest BCUT2D eigenvalue weighted by atomic mass is 10.1. The van der Waals surface area contributed by atoms with E-state index < -0.39 is 0 Å². The third-order valence-corrected chi connectivity index (χ3v) is 2.46. The molecule has 0 fully saturated rings. The van der Waals surface area contributed by atoms with Gasteiger partial charge in [-0.25, -0.2) is 0 Å². The lowest BCUT2D eigenvalue weighted by Gasteiger charge is -1.97. The molecule has 1 aromatic carbocycles. The van der Waals surface area contributed by atoms with Crippen molar-refractivity contribution in [2.45, 2.75) is 6.92 Å². The molecule has 0 aliphatic carbocycles. The van der Waals surface area contributed by atoms with Gasteiger partial charge in [-0.3, -0.25) is 0 Å². The average Bonchev–Trinajstić information content (AvgIpc) is 2.20. The molecule has 0 atom stereocenters. The van der Waals surface area contributed by atoms with Crippen molar-refractivity contribution < 1.29 is 0 Å². The Kier molecular flexibility index (Phi) is 4.28. The molecule has 0 saturated carbocycles. The van der Waals surface area contributed by atoms with Crippen molar-refractivity contribution in [2.75, 3.05) is 12.0 Å². The molecule has 0 N–H and O–H groups in total. The second kappa shape index (κ2) is 5.51. The molecule has 0 aromatic heterocycles. The maximum Gasteiger partial charge on any atom is 0.0956 e. The Bertz CT molecular complexity index is 357. The van der Waals surface area contributed by atoms with Crippen LogP contribution in [0.5, 0.6) is 0 Å². The van der Waals surface area contributed by atoms with Crippen molar-refractivity contribution in [3.8, 4) is 6.07 Å². The minimum absolute atomic E-state index is 0.782. The summed E-state index contributed by atoms with van der Waals surface area (Å²) in [4.78, 5) is 0. The van der Waals surface area contributed by atoms with Gasteiger partial charge in [0.15, 0.2) is 0 Å². The van der Waals surface area contributed by atoms with Gasteiger partial charge in [0.1, 0.15) is 0 Å². The van der Waals surface area contributed by atoms with Gasteiger partial charge >= 0.3 is 0 Å². The molecular formula is C12H13NS. The molecule has 72 valence electrons. The highest BCUT2D eigenvalue weighted by molar-refractivity contribution is 7.98. The van der Waals surface area contributed by atoms with Crippen molar-refractivity contribution >= 4 is 17.8 Å². The molecule has 0 spiro atoms. The highest BCUT2D eigenvalue weighted by atomic mass is 32.2. The molecule has 0 heterocycles. The van der Waals surface area contributed by atoms with Gasteiger partial charge < -0.3 is 0 Å². The topological polar surface area (TPSA) is 23.8 Å². The van der Waals surface area contributed by atoms with Crippen LogP contribution in [0.1, 0.15) is 11.1 Å². The molecule has 0 amide bonds. The van der Waals surface area contributed by atoms with E-state index in [0.717, 1.165) is 16.9 Å². The van der Waals surface area contributed by atoms with E-state index in [1.54, 1.807) is 11.8 Å². The van der Waals surface area contributed by atoms with Gasteiger partial charge in [0, 0.05) is 11.3 Å². The molecule has 0 unspecified atom stereocenters. The van der Waals surface area contributed by atoms with Crippen LogP contribution in [-0.2, 0) is 0 Å². The second-order valence-corrected chi connectivity index (χ2v) is 3.99. The lowest BCUT2D eigenvalue weighted by Crippen LogP contribution is -1.83. The van der Waals surface area contributed by atoms with Crippen molar-refractivity contribution in [3.05, 3.63) is 41.0 Å². The van der Waals surface area contributed by atoms with E-state index in [4.69, 9.17) is 5.26 Å². The van der Waals surface area contributed by atoms with Crippen LogP contribution in [0.4, 0.5) is 0 Å². The fourth-order valence-corrected chi connectivity index (χ4v) is 1.58. The zero-order valence-corrected chi connectivity index (χ0v) is 9.27. The van der Waals surface area contributed by atoms with Crippen LogP contribution in [0, 0.1) is 18.3 Å². The van der Waals surface area contributed by atoms with E-state index in [-0.39, 0.29) is 0 Å². The molecule has 1 aromatic rings. The maximum absolute atomic E-state index is 8.84. The minimum atomic E-state index is 0.782. The van der Waals surface area contributed by atoms with Gasteiger partial charge in [0.25, 0.3) is 0 Å². The third kappa shape index (κ3) is 3.27. The largest absolute Gasteiger partial charge is 0.193 e. The molecule has 1 nitrogen and oxygen atoms in total. The Morgan fingerprint density at radius 2 is 2.07 bits per heavy atom. The molecule has 0 bridgehead atoms. The maximum atomic E-state index is 8.84. The van der Waals surface area contributed by atoms with Gasteiger partial charge in [-0.2, -0.15) is 17.0 Å². The minimum Gasteiger partial charge on any atom is -0.193 e. The molecule has 0 aliphatic rings. The lowest BCUT2D eigenvalue weighted by molar-refractivity contribution is 1.44. The number of thioether (sulfide) groups is 1. The summed E-state index contributed by atoms with van der Waals surface area (Å²) in [7, 11) is 0. The van der Waals surface area contributed by atoms with E-state index in [1.165, 1.54) is 5.56 Å². The predicted molar refractivity (Wildman–Crippen MR) is 63.2 cm³/mol. The third-order valence-electron chi connectivity index (χ3n) is 1.86. The van der Waals surface area contributed by atoms with Gasteiger partial charge in [0.05, 0.1) is 6.07 Å². The van der Waals surface area contributed by atoms with Gasteiger partial charge in [-0.15, -0.1) is 0 Å². The monoisotopic (exact) mass is 203 g/mol. The summed E-state index contributed by atoms with van der Waals surface area (Å²) >= 11 is 1.67. The summed E-state index contributed by atoms with van der Waals surface area (Å²) in [6.45, 7) is 2.06. The van der Waals surface area contributed by atoms with E-state index >= 15 is 0 Å². The van der Waals surface area contributed by atoms with Crippen molar-refractivity contribution in [2.24, 2.45) is 0 Å². The van der Waals surface area contributed by atoms with Crippen molar-refractivity contribution in [3.63, 3.8) is 0 Å². The highest BCUT2D eigenvalue weighted by Gasteiger charge is 1.94. The quantitative estimate of drug-likeness (QED) is 0.704. The van der Waals surface area contributed by atoms with E-state index in [0.29, 0.717) is 0 Å².